The van der Waals surface area contributed by atoms with Crippen molar-refractivity contribution in [3.05, 3.63) is 47.3 Å². The Balaban J connectivity index is 2.56. The van der Waals surface area contributed by atoms with E-state index in [-0.39, 0.29) is 11.7 Å². The molecule has 0 atom stereocenters. The zero-order valence-corrected chi connectivity index (χ0v) is 15.3. The van der Waals surface area contributed by atoms with Crippen LogP contribution in [-0.2, 0) is 17.9 Å². The second-order valence-corrected chi connectivity index (χ2v) is 6.30. The third-order valence-corrected chi connectivity index (χ3v) is 4.22. The standard InChI is InChI=1S/C20H27N3O/c1-6-16(10-14(5)19(24)13(3)4)20-22-17-11-15(12-21)8-9-18(17)23(20)7-2/h6,8-11,13H,7,12,21H2,1-5H3/b14-10-,16-6+. The molecule has 0 spiro atoms. The third-order valence-electron chi connectivity index (χ3n) is 4.22. The minimum Gasteiger partial charge on any atom is -0.326 e. The number of nitrogens with two attached hydrogens (primary N) is 1. The summed E-state index contributed by atoms with van der Waals surface area (Å²) in [6.07, 6.45) is 3.95. The minimum atomic E-state index is -0.00328. The van der Waals surface area contributed by atoms with Crippen molar-refractivity contribution in [3.63, 3.8) is 0 Å². The van der Waals surface area contributed by atoms with Gasteiger partial charge in [0.05, 0.1) is 11.0 Å². The number of benzene rings is 1. The summed E-state index contributed by atoms with van der Waals surface area (Å²) < 4.78 is 2.18. The van der Waals surface area contributed by atoms with Gasteiger partial charge in [-0.15, -0.1) is 0 Å². The maximum atomic E-state index is 12.2. The van der Waals surface area contributed by atoms with Crippen LogP contribution in [0.15, 0.2) is 35.9 Å². The van der Waals surface area contributed by atoms with Gasteiger partial charge in [-0.05, 0) is 50.1 Å². The molecular weight excluding hydrogens is 298 g/mol. The number of aryl methyl sites for hydroxylation is 1. The van der Waals surface area contributed by atoms with Crippen molar-refractivity contribution in [2.45, 2.75) is 47.7 Å². The summed E-state index contributed by atoms with van der Waals surface area (Å²) >= 11 is 0. The number of carbonyl (C=O) groups excluding carboxylic acids is 1. The normalized spacial score (nSPS) is 13.1. The van der Waals surface area contributed by atoms with E-state index in [4.69, 9.17) is 10.7 Å². The Morgan fingerprint density at radius 2 is 2.08 bits per heavy atom. The minimum absolute atomic E-state index is 0.00328. The van der Waals surface area contributed by atoms with Crippen molar-refractivity contribution in [2.24, 2.45) is 11.7 Å². The van der Waals surface area contributed by atoms with Gasteiger partial charge in [-0.3, -0.25) is 4.79 Å². The van der Waals surface area contributed by atoms with Gasteiger partial charge in [0.2, 0.25) is 0 Å². The first kappa shape index (κ1) is 18.1. The molecule has 24 heavy (non-hydrogen) atoms. The van der Waals surface area contributed by atoms with Gasteiger partial charge in [-0.25, -0.2) is 4.98 Å². The van der Waals surface area contributed by atoms with Gasteiger partial charge in [-0.1, -0.05) is 26.0 Å². The first-order chi connectivity index (χ1) is 11.4. The van der Waals surface area contributed by atoms with Gasteiger partial charge in [-0.2, -0.15) is 0 Å². The summed E-state index contributed by atoms with van der Waals surface area (Å²) in [5.74, 6) is 1.05. The summed E-state index contributed by atoms with van der Waals surface area (Å²) in [5, 5.41) is 0. The molecule has 2 N–H and O–H groups in total. The van der Waals surface area contributed by atoms with E-state index in [2.05, 4.69) is 17.6 Å². The van der Waals surface area contributed by atoms with Crippen molar-refractivity contribution in [2.75, 3.05) is 0 Å². The molecule has 4 nitrogen and oxygen atoms in total. The summed E-state index contributed by atoms with van der Waals surface area (Å²) in [4.78, 5) is 17.0. The predicted molar refractivity (Wildman–Crippen MR) is 101 cm³/mol. The lowest BCUT2D eigenvalue weighted by Crippen LogP contribution is -2.08. The first-order valence-electron chi connectivity index (χ1n) is 8.51. The van der Waals surface area contributed by atoms with Crippen molar-refractivity contribution in [1.29, 1.82) is 0 Å². The van der Waals surface area contributed by atoms with Crippen LogP contribution in [0.5, 0.6) is 0 Å². The van der Waals surface area contributed by atoms with Gasteiger partial charge in [0.1, 0.15) is 5.82 Å². The van der Waals surface area contributed by atoms with Crippen LogP contribution in [0.2, 0.25) is 0 Å². The molecule has 0 aliphatic rings. The Labute approximate surface area is 144 Å². The molecule has 0 saturated carbocycles. The number of aromatic nitrogens is 2. The Morgan fingerprint density at radius 1 is 1.38 bits per heavy atom. The molecule has 4 heteroatoms. The molecule has 1 heterocycles. The summed E-state index contributed by atoms with van der Waals surface area (Å²) in [6.45, 7) is 11.1. The van der Waals surface area contributed by atoms with Crippen LogP contribution in [0.3, 0.4) is 0 Å². The highest BCUT2D eigenvalue weighted by Gasteiger charge is 2.15. The third kappa shape index (κ3) is 3.49. The van der Waals surface area contributed by atoms with E-state index >= 15 is 0 Å². The van der Waals surface area contributed by atoms with Gasteiger partial charge in [0.25, 0.3) is 0 Å². The molecule has 0 fully saturated rings. The number of carbonyl (C=O) groups is 1. The second-order valence-electron chi connectivity index (χ2n) is 6.30. The second kappa shape index (κ2) is 7.58. The average molecular weight is 325 g/mol. The summed E-state index contributed by atoms with van der Waals surface area (Å²) in [6, 6.07) is 6.15. The van der Waals surface area contributed by atoms with E-state index in [9.17, 15) is 4.79 Å². The zero-order chi connectivity index (χ0) is 17.9. The Kier molecular flexibility index (Phi) is 5.73. The molecule has 0 radical (unpaired) electrons. The lowest BCUT2D eigenvalue weighted by molar-refractivity contribution is -0.118. The number of Topliss-reactive ketones (excluding diaryl/α,β-unsaturated/α-hetero) is 1. The van der Waals surface area contributed by atoms with Gasteiger partial charge < -0.3 is 10.3 Å². The number of allylic oxidation sites excluding steroid dienone is 4. The van der Waals surface area contributed by atoms with Crippen molar-refractivity contribution in [1.82, 2.24) is 9.55 Å². The average Bonchev–Trinajstić information content (AvgIpc) is 2.95. The predicted octanol–water partition coefficient (Wildman–Crippen LogP) is 4.09. The van der Waals surface area contributed by atoms with Gasteiger partial charge >= 0.3 is 0 Å². The largest absolute Gasteiger partial charge is 0.326 e. The smallest absolute Gasteiger partial charge is 0.161 e. The molecule has 0 aliphatic heterocycles. The first-order valence-corrected chi connectivity index (χ1v) is 8.51. The molecule has 2 rings (SSSR count). The number of fused-ring (bicyclic) bond motifs is 1. The van der Waals surface area contributed by atoms with E-state index in [1.165, 1.54) is 0 Å². The SMILES string of the molecule is C/C=C(\C=C(\C)C(=O)C(C)C)c1nc2cc(CN)ccc2n1CC. The molecule has 0 saturated heterocycles. The monoisotopic (exact) mass is 325 g/mol. The molecular formula is C20H27N3O. The topological polar surface area (TPSA) is 60.9 Å². The zero-order valence-electron chi connectivity index (χ0n) is 15.3. The van der Waals surface area contributed by atoms with Crippen LogP contribution in [0.1, 0.15) is 46.0 Å². The quantitative estimate of drug-likeness (QED) is 0.643. The fourth-order valence-corrected chi connectivity index (χ4v) is 2.88. The van der Waals surface area contributed by atoms with Gasteiger partial charge in [0.15, 0.2) is 5.78 Å². The molecule has 0 aliphatic carbocycles. The van der Waals surface area contributed by atoms with Crippen molar-refractivity contribution in [3.8, 4) is 0 Å². The van der Waals surface area contributed by atoms with Crippen molar-refractivity contribution < 1.29 is 4.79 Å². The number of nitrogens with zero attached hydrogens (tertiary/aromatic N) is 2. The van der Waals surface area contributed by atoms with E-state index in [1.54, 1.807) is 0 Å². The van der Waals surface area contributed by atoms with Crippen LogP contribution in [0.4, 0.5) is 0 Å². The van der Waals surface area contributed by atoms with E-state index in [0.29, 0.717) is 6.54 Å². The van der Waals surface area contributed by atoms with Crippen LogP contribution < -0.4 is 5.73 Å². The Bertz CT molecular complexity index is 810. The van der Waals surface area contributed by atoms with Crippen LogP contribution >= 0.6 is 0 Å². The number of hydrogen-bond acceptors (Lipinski definition) is 3. The highest BCUT2D eigenvalue weighted by Crippen LogP contribution is 2.25. The molecule has 2 aromatic rings. The highest BCUT2D eigenvalue weighted by molar-refractivity contribution is 5.98. The summed E-state index contributed by atoms with van der Waals surface area (Å²) in [7, 11) is 0. The van der Waals surface area contributed by atoms with E-state index in [0.717, 1.165) is 40.1 Å². The van der Waals surface area contributed by atoms with E-state index in [1.807, 2.05) is 52.0 Å². The number of ketones is 1. The fourth-order valence-electron chi connectivity index (χ4n) is 2.88. The lowest BCUT2D eigenvalue weighted by atomic mass is 10.00. The Hall–Kier alpha value is -2.20. The van der Waals surface area contributed by atoms with Crippen LogP contribution in [-0.4, -0.2) is 15.3 Å². The van der Waals surface area contributed by atoms with Crippen LogP contribution in [0.25, 0.3) is 16.6 Å². The number of rotatable bonds is 6. The lowest BCUT2D eigenvalue weighted by Gasteiger charge is -2.09. The maximum absolute atomic E-state index is 12.2. The Morgan fingerprint density at radius 3 is 2.62 bits per heavy atom. The molecule has 0 unspecified atom stereocenters. The number of hydrogen-bond donors (Lipinski definition) is 1. The molecule has 0 bridgehead atoms. The highest BCUT2D eigenvalue weighted by atomic mass is 16.1. The molecule has 128 valence electrons. The fraction of sp³-hybridized carbons (Fsp3) is 0.400. The van der Waals surface area contributed by atoms with Crippen molar-refractivity contribution >= 4 is 22.4 Å². The van der Waals surface area contributed by atoms with Gasteiger partial charge in [0, 0.05) is 24.6 Å². The molecule has 1 aromatic heterocycles. The molecule has 0 amide bonds. The summed E-state index contributed by atoms with van der Waals surface area (Å²) in [5.41, 5.74) is 10.6. The van der Waals surface area contributed by atoms with Crippen LogP contribution in [0, 0.1) is 5.92 Å². The maximum Gasteiger partial charge on any atom is 0.161 e. The molecule has 1 aromatic carbocycles. The van der Waals surface area contributed by atoms with E-state index < -0.39 is 0 Å². The number of imidazole rings is 1.